The van der Waals surface area contributed by atoms with Crippen molar-refractivity contribution in [2.24, 2.45) is 5.73 Å². The zero-order valence-electron chi connectivity index (χ0n) is 11.3. The second-order valence-corrected chi connectivity index (χ2v) is 5.45. The van der Waals surface area contributed by atoms with Crippen LogP contribution in [0.3, 0.4) is 0 Å². The average molecular weight is 234 g/mol. The summed E-state index contributed by atoms with van der Waals surface area (Å²) < 4.78 is 2.59. The van der Waals surface area contributed by atoms with Crippen LogP contribution in [-0.4, -0.2) is 11.1 Å². The Morgan fingerprint density at radius 2 is 1.94 bits per heavy atom. The van der Waals surface area contributed by atoms with Gasteiger partial charge in [0.15, 0.2) is 0 Å². The molecule has 17 heavy (non-hydrogen) atoms. The lowest BCUT2D eigenvalue weighted by Crippen LogP contribution is -2.15. The summed E-state index contributed by atoms with van der Waals surface area (Å²) in [5.41, 5.74) is 10.1. The molecule has 0 atom stereocenters. The molecular formula is C15H26N2. The highest BCUT2D eigenvalue weighted by atomic mass is 15.0. The van der Waals surface area contributed by atoms with Crippen molar-refractivity contribution in [1.29, 1.82) is 0 Å². The lowest BCUT2D eigenvalue weighted by atomic mass is 9.95. The minimum atomic E-state index is 0.760. The fourth-order valence-electron chi connectivity index (χ4n) is 3.29. The SMILES string of the molecule is Cc1cc(CCCN)c(C)n1C1CCCCC1. The maximum atomic E-state index is 5.61. The van der Waals surface area contributed by atoms with Crippen LogP contribution >= 0.6 is 0 Å². The molecule has 0 radical (unpaired) electrons. The Hall–Kier alpha value is -0.760. The van der Waals surface area contributed by atoms with Crippen molar-refractivity contribution < 1.29 is 0 Å². The van der Waals surface area contributed by atoms with Gasteiger partial charge in [0.25, 0.3) is 0 Å². The van der Waals surface area contributed by atoms with Gasteiger partial charge in [-0.25, -0.2) is 0 Å². The fraction of sp³-hybridized carbons (Fsp3) is 0.733. The maximum Gasteiger partial charge on any atom is 0.0335 e. The smallest absolute Gasteiger partial charge is 0.0335 e. The van der Waals surface area contributed by atoms with Crippen LogP contribution < -0.4 is 5.73 Å². The van der Waals surface area contributed by atoms with Crippen molar-refractivity contribution in [3.63, 3.8) is 0 Å². The van der Waals surface area contributed by atoms with Gasteiger partial charge in [-0.05, 0) is 57.7 Å². The van der Waals surface area contributed by atoms with Crippen molar-refractivity contribution >= 4 is 0 Å². The van der Waals surface area contributed by atoms with Crippen LogP contribution in [0.1, 0.15) is 61.5 Å². The topological polar surface area (TPSA) is 30.9 Å². The van der Waals surface area contributed by atoms with E-state index in [0.717, 1.165) is 25.4 Å². The number of hydrogen-bond donors (Lipinski definition) is 1. The van der Waals surface area contributed by atoms with Gasteiger partial charge in [-0.1, -0.05) is 19.3 Å². The van der Waals surface area contributed by atoms with E-state index in [1.54, 1.807) is 0 Å². The second-order valence-electron chi connectivity index (χ2n) is 5.45. The molecule has 0 unspecified atom stereocenters. The first kappa shape index (κ1) is 12.7. The highest BCUT2D eigenvalue weighted by Crippen LogP contribution is 2.32. The Morgan fingerprint density at radius 3 is 2.59 bits per heavy atom. The van der Waals surface area contributed by atoms with E-state index in [0.29, 0.717) is 0 Å². The first-order chi connectivity index (χ1) is 8.24. The van der Waals surface area contributed by atoms with Crippen LogP contribution in [-0.2, 0) is 6.42 Å². The molecule has 2 rings (SSSR count). The molecule has 1 heterocycles. The number of nitrogens with zero attached hydrogens (tertiary/aromatic N) is 1. The van der Waals surface area contributed by atoms with Gasteiger partial charge in [-0.3, -0.25) is 0 Å². The van der Waals surface area contributed by atoms with Crippen LogP contribution in [0.4, 0.5) is 0 Å². The molecule has 0 saturated heterocycles. The quantitative estimate of drug-likeness (QED) is 0.849. The molecule has 2 nitrogen and oxygen atoms in total. The summed E-state index contributed by atoms with van der Waals surface area (Å²) in [4.78, 5) is 0. The summed E-state index contributed by atoms with van der Waals surface area (Å²) >= 11 is 0. The van der Waals surface area contributed by atoms with Gasteiger partial charge in [0, 0.05) is 17.4 Å². The molecule has 2 N–H and O–H groups in total. The van der Waals surface area contributed by atoms with Crippen molar-refractivity contribution in [3.8, 4) is 0 Å². The lowest BCUT2D eigenvalue weighted by molar-refractivity contribution is 0.345. The molecular weight excluding hydrogens is 208 g/mol. The van der Waals surface area contributed by atoms with E-state index in [-0.39, 0.29) is 0 Å². The van der Waals surface area contributed by atoms with Crippen LogP contribution in [0, 0.1) is 13.8 Å². The highest BCUT2D eigenvalue weighted by Gasteiger charge is 2.19. The van der Waals surface area contributed by atoms with Gasteiger partial charge in [0.2, 0.25) is 0 Å². The molecule has 0 aromatic carbocycles. The normalized spacial score (nSPS) is 17.6. The summed E-state index contributed by atoms with van der Waals surface area (Å²) in [5.74, 6) is 0. The Balaban J connectivity index is 2.17. The average Bonchev–Trinajstić information content (AvgIpc) is 2.63. The summed E-state index contributed by atoms with van der Waals surface area (Å²) in [6.45, 7) is 5.34. The van der Waals surface area contributed by atoms with E-state index in [4.69, 9.17) is 5.73 Å². The van der Waals surface area contributed by atoms with Gasteiger partial charge in [-0.2, -0.15) is 0 Å². The number of aromatic nitrogens is 1. The monoisotopic (exact) mass is 234 g/mol. The number of nitrogens with two attached hydrogens (primary N) is 1. The third-order valence-corrected chi connectivity index (χ3v) is 4.18. The van der Waals surface area contributed by atoms with E-state index >= 15 is 0 Å². The fourth-order valence-corrected chi connectivity index (χ4v) is 3.29. The van der Waals surface area contributed by atoms with Crippen LogP contribution in [0.2, 0.25) is 0 Å². The molecule has 1 aromatic heterocycles. The number of hydrogen-bond acceptors (Lipinski definition) is 1. The van der Waals surface area contributed by atoms with Gasteiger partial charge >= 0.3 is 0 Å². The van der Waals surface area contributed by atoms with Crippen molar-refractivity contribution in [3.05, 3.63) is 23.0 Å². The predicted molar refractivity (Wildman–Crippen MR) is 73.4 cm³/mol. The molecule has 1 aromatic rings. The first-order valence-electron chi connectivity index (χ1n) is 7.11. The Kier molecular flexibility index (Phi) is 4.27. The summed E-state index contributed by atoms with van der Waals surface area (Å²) in [6.07, 6.45) is 9.22. The van der Waals surface area contributed by atoms with Gasteiger partial charge < -0.3 is 10.3 Å². The number of rotatable bonds is 4. The minimum Gasteiger partial charge on any atom is -0.346 e. The molecule has 0 aliphatic heterocycles. The van der Waals surface area contributed by atoms with Crippen LogP contribution in [0.5, 0.6) is 0 Å². The predicted octanol–water partition coefficient (Wildman–Crippen LogP) is 3.50. The second kappa shape index (κ2) is 5.72. The molecule has 2 heteroatoms. The number of aryl methyl sites for hydroxylation is 2. The summed E-state index contributed by atoms with van der Waals surface area (Å²) in [5, 5.41) is 0. The molecule has 1 fully saturated rings. The van der Waals surface area contributed by atoms with Crippen molar-refractivity contribution in [2.75, 3.05) is 6.54 Å². The zero-order chi connectivity index (χ0) is 12.3. The Morgan fingerprint density at radius 1 is 1.24 bits per heavy atom. The van der Waals surface area contributed by atoms with E-state index < -0.39 is 0 Å². The van der Waals surface area contributed by atoms with Crippen molar-refractivity contribution in [1.82, 2.24) is 4.57 Å². The molecule has 0 amide bonds. The Labute approximate surface area is 105 Å². The molecule has 1 aliphatic carbocycles. The molecule has 0 spiro atoms. The molecule has 96 valence electrons. The Bertz CT molecular complexity index is 359. The van der Waals surface area contributed by atoms with Crippen LogP contribution in [0.15, 0.2) is 6.07 Å². The molecule has 1 saturated carbocycles. The van der Waals surface area contributed by atoms with E-state index in [1.165, 1.54) is 49.1 Å². The van der Waals surface area contributed by atoms with Crippen molar-refractivity contribution in [2.45, 2.75) is 64.8 Å². The zero-order valence-corrected chi connectivity index (χ0v) is 11.3. The van der Waals surface area contributed by atoms with Crippen LogP contribution in [0.25, 0.3) is 0 Å². The third-order valence-electron chi connectivity index (χ3n) is 4.18. The third kappa shape index (κ3) is 2.74. The van der Waals surface area contributed by atoms with Gasteiger partial charge in [0.1, 0.15) is 0 Å². The molecule has 1 aliphatic rings. The summed E-state index contributed by atoms with van der Waals surface area (Å²) in [6, 6.07) is 3.13. The first-order valence-corrected chi connectivity index (χ1v) is 7.11. The van der Waals surface area contributed by atoms with E-state index in [1.807, 2.05) is 0 Å². The largest absolute Gasteiger partial charge is 0.346 e. The van der Waals surface area contributed by atoms with Gasteiger partial charge in [-0.15, -0.1) is 0 Å². The summed E-state index contributed by atoms with van der Waals surface area (Å²) in [7, 11) is 0. The van der Waals surface area contributed by atoms with Gasteiger partial charge in [0.05, 0.1) is 0 Å². The standard InChI is InChI=1S/C15H26N2/c1-12-11-14(7-6-10-16)13(2)17(12)15-8-4-3-5-9-15/h11,15H,3-10,16H2,1-2H3. The van der Waals surface area contributed by atoms with E-state index in [2.05, 4.69) is 24.5 Å². The molecule has 0 bridgehead atoms. The maximum absolute atomic E-state index is 5.61. The van der Waals surface area contributed by atoms with E-state index in [9.17, 15) is 0 Å². The minimum absolute atomic E-state index is 0.760. The highest BCUT2D eigenvalue weighted by molar-refractivity contribution is 5.27. The lowest BCUT2D eigenvalue weighted by Gasteiger charge is -2.26.